The molecule has 0 radical (unpaired) electrons. The predicted octanol–water partition coefficient (Wildman–Crippen LogP) is -0.681. The van der Waals surface area contributed by atoms with Crippen molar-refractivity contribution in [1.82, 2.24) is 4.98 Å². The third-order valence-corrected chi connectivity index (χ3v) is 2.48. The number of rotatable bonds is 3. The number of halogens is 1. The van der Waals surface area contributed by atoms with Crippen molar-refractivity contribution in [2.75, 3.05) is 6.61 Å². The SMILES string of the molecule is Cc1cc(OCC(=O)O)c2cccc(C)c2n1.[Cl-]. The van der Waals surface area contributed by atoms with E-state index in [0.717, 1.165) is 22.2 Å². The summed E-state index contributed by atoms with van der Waals surface area (Å²) in [5.41, 5.74) is 2.71. The Morgan fingerprint density at radius 1 is 1.39 bits per heavy atom. The number of aryl methyl sites for hydroxylation is 2. The Bertz CT molecular complexity index is 584. The summed E-state index contributed by atoms with van der Waals surface area (Å²) < 4.78 is 5.28. The molecule has 2 aromatic rings. The summed E-state index contributed by atoms with van der Waals surface area (Å²) in [4.78, 5) is 15.0. The van der Waals surface area contributed by atoms with Gasteiger partial charge in [0.1, 0.15) is 5.75 Å². The van der Waals surface area contributed by atoms with Crippen molar-refractivity contribution in [3.63, 3.8) is 0 Å². The van der Waals surface area contributed by atoms with Crippen LogP contribution < -0.4 is 17.1 Å². The molecule has 2 rings (SSSR count). The fourth-order valence-electron chi connectivity index (χ4n) is 1.74. The summed E-state index contributed by atoms with van der Waals surface area (Å²) in [7, 11) is 0. The molecule has 0 amide bonds. The summed E-state index contributed by atoms with van der Waals surface area (Å²) >= 11 is 0. The number of nitrogens with zero attached hydrogens (tertiary/aromatic N) is 1. The third kappa shape index (κ3) is 2.90. The largest absolute Gasteiger partial charge is 1.00 e. The van der Waals surface area contributed by atoms with Crippen molar-refractivity contribution in [2.24, 2.45) is 0 Å². The number of carbonyl (C=O) groups is 1. The number of hydrogen-bond acceptors (Lipinski definition) is 3. The smallest absolute Gasteiger partial charge is 0.341 e. The van der Waals surface area contributed by atoms with Crippen LogP contribution in [0.4, 0.5) is 0 Å². The van der Waals surface area contributed by atoms with Gasteiger partial charge in [0.15, 0.2) is 6.61 Å². The zero-order valence-corrected chi connectivity index (χ0v) is 10.9. The molecule has 0 aliphatic carbocycles. The van der Waals surface area contributed by atoms with Gasteiger partial charge < -0.3 is 22.3 Å². The lowest BCUT2D eigenvalue weighted by Crippen LogP contribution is -3.00. The van der Waals surface area contributed by atoms with E-state index in [9.17, 15) is 4.79 Å². The number of carboxylic acids is 1. The number of carboxylic acid groups (broad SMARTS) is 1. The maximum atomic E-state index is 10.5. The lowest BCUT2D eigenvalue weighted by molar-refractivity contribution is -0.139. The molecule has 1 heterocycles. The van der Waals surface area contributed by atoms with E-state index >= 15 is 0 Å². The summed E-state index contributed by atoms with van der Waals surface area (Å²) in [6, 6.07) is 7.51. The molecule has 5 heteroatoms. The molecule has 0 fully saturated rings. The molecule has 0 aliphatic heterocycles. The van der Waals surface area contributed by atoms with Crippen LogP contribution >= 0.6 is 0 Å². The van der Waals surface area contributed by atoms with Gasteiger partial charge in [0, 0.05) is 17.1 Å². The first-order chi connectivity index (χ1) is 8.08. The molecule has 0 bridgehead atoms. The Labute approximate surface area is 111 Å². The van der Waals surface area contributed by atoms with Gasteiger partial charge in [-0.3, -0.25) is 4.98 Å². The number of para-hydroxylation sites is 1. The van der Waals surface area contributed by atoms with E-state index in [4.69, 9.17) is 9.84 Å². The molecule has 96 valence electrons. The van der Waals surface area contributed by atoms with Crippen LogP contribution in [0.25, 0.3) is 10.9 Å². The Balaban J connectivity index is 0.00000162. The van der Waals surface area contributed by atoms with Gasteiger partial charge in [0.25, 0.3) is 0 Å². The van der Waals surface area contributed by atoms with Crippen LogP contribution in [0.5, 0.6) is 5.75 Å². The summed E-state index contributed by atoms with van der Waals surface area (Å²) in [6.07, 6.45) is 0. The number of aromatic nitrogens is 1. The van der Waals surface area contributed by atoms with Crippen LogP contribution in [0.3, 0.4) is 0 Å². The van der Waals surface area contributed by atoms with E-state index < -0.39 is 5.97 Å². The van der Waals surface area contributed by atoms with Crippen molar-refractivity contribution in [3.05, 3.63) is 35.5 Å². The molecule has 0 aliphatic rings. The summed E-state index contributed by atoms with van der Waals surface area (Å²) in [5, 5.41) is 9.47. The van der Waals surface area contributed by atoms with E-state index in [1.165, 1.54) is 0 Å². The number of hydrogen-bond donors (Lipinski definition) is 1. The van der Waals surface area contributed by atoms with Crippen molar-refractivity contribution in [1.29, 1.82) is 0 Å². The van der Waals surface area contributed by atoms with Crippen LogP contribution in [0.2, 0.25) is 0 Å². The summed E-state index contributed by atoms with van der Waals surface area (Å²) in [5.74, 6) is -0.418. The molecular formula is C13H13ClNO3-. The van der Waals surface area contributed by atoms with E-state index in [1.54, 1.807) is 6.07 Å². The van der Waals surface area contributed by atoms with Crippen LogP contribution in [0, 0.1) is 13.8 Å². The first-order valence-corrected chi connectivity index (χ1v) is 5.29. The molecule has 0 saturated heterocycles. The van der Waals surface area contributed by atoms with Crippen molar-refractivity contribution >= 4 is 16.9 Å². The second kappa shape index (κ2) is 5.69. The van der Waals surface area contributed by atoms with Crippen molar-refractivity contribution in [2.45, 2.75) is 13.8 Å². The van der Waals surface area contributed by atoms with Gasteiger partial charge in [-0.2, -0.15) is 0 Å². The first kappa shape index (κ1) is 14.3. The molecule has 0 saturated carbocycles. The minimum Gasteiger partial charge on any atom is -1.00 e. The van der Waals surface area contributed by atoms with Gasteiger partial charge in [-0.25, -0.2) is 4.79 Å². The number of aliphatic carboxylic acids is 1. The average Bonchev–Trinajstić information content (AvgIpc) is 2.27. The van der Waals surface area contributed by atoms with E-state index in [0.29, 0.717) is 5.75 Å². The maximum Gasteiger partial charge on any atom is 0.341 e. The van der Waals surface area contributed by atoms with Gasteiger partial charge >= 0.3 is 5.97 Å². The second-order valence-corrected chi connectivity index (χ2v) is 3.92. The van der Waals surface area contributed by atoms with Crippen LogP contribution in [0.15, 0.2) is 24.3 Å². The first-order valence-electron chi connectivity index (χ1n) is 5.29. The van der Waals surface area contributed by atoms with Gasteiger partial charge in [-0.05, 0) is 25.5 Å². The highest BCUT2D eigenvalue weighted by atomic mass is 35.5. The van der Waals surface area contributed by atoms with Crippen LogP contribution in [-0.2, 0) is 4.79 Å². The predicted molar refractivity (Wildman–Crippen MR) is 64.3 cm³/mol. The van der Waals surface area contributed by atoms with E-state index in [1.807, 2.05) is 32.0 Å². The Kier molecular flexibility index (Phi) is 4.50. The highest BCUT2D eigenvalue weighted by molar-refractivity contribution is 5.88. The minimum atomic E-state index is -0.986. The normalized spacial score (nSPS) is 9.89. The number of benzene rings is 1. The Hall–Kier alpha value is -1.81. The van der Waals surface area contributed by atoms with Gasteiger partial charge in [0.2, 0.25) is 0 Å². The Morgan fingerprint density at radius 2 is 2.11 bits per heavy atom. The fourth-order valence-corrected chi connectivity index (χ4v) is 1.74. The van der Waals surface area contributed by atoms with Gasteiger partial charge in [0.05, 0.1) is 5.52 Å². The number of pyridine rings is 1. The lowest BCUT2D eigenvalue weighted by atomic mass is 10.1. The molecule has 0 atom stereocenters. The van der Waals surface area contributed by atoms with Crippen molar-refractivity contribution in [3.8, 4) is 5.75 Å². The van der Waals surface area contributed by atoms with Crippen LogP contribution in [-0.4, -0.2) is 22.7 Å². The number of fused-ring (bicyclic) bond motifs is 1. The summed E-state index contributed by atoms with van der Waals surface area (Å²) in [6.45, 7) is 3.49. The molecular weight excluding hydrogens is 254 g/mol. The average molecular weight is 267 g/mol. The monoisotopic (exact) mass is 266 g/mol. The van der Waals surface area contributed by atoms with Gasteiger partial charge in [-0.15, -0.1) is 0 Å². The van der Waals surface area contributed by atoms with E-state index in [-0.39, 0.29) is 19.0 Å². The molecule has 18 heavy (non-hydrogen) atoms. The molecule has 0 unspecified atom stereocenters. The standard InChI is InChI=1S/C13H13NO3.ClH/c1-8-4-3-5-10-11(17-7-12(15)16)6-9(2)14-13(8)10;/h3-6H,7H2,1-2H3,(H,15,16);1H/p-1. The zero-order valence-electron chi connectivity index (χ0n) is 10.1. The maximum absolute atomic E-state index is 10.5. The molecule has 1 aromatic heterocycles. The lowest BCUT2D eigenvalue weighted by Gasteiger charge is -2.09. The molecule has 4 nitrogen and oxygen atoms in total. The quantitative estimate of drug-likeness (QED) is 0.800. The Morgan fingerprint density at radius 3 is 2.78 bits per heavy atom. The third-order valence-electron chi connectivity index (χ3n) is 2.48. The highest BCUT2D eigenvalue weighted by Gasteiger charge is 2.08. The van der Waals surface area contributed by atoms with Gasteiger partial charge in [-0.1, -0.05) is 12.1 Å². The van der Waals surface area contributed by atoms with E-state index in [2.05, 4.69) is 4.98 Å². The molecule has 1 aromatic carbocycles. The molecule has 1 N–H and O–H groups in total. The minimum absolute atomic E-state index is 0. The second-order valence-electron chi connectivity index (χ2n) is 3.92. The zero-order chi connectivity index (χ0) is 12.4. The van der Waals surface area contributed by atoms with Crippen LogP contribution in [0.1, 0.15) is 11.3 Å². The number of ether oxygens (including phenoxy) is 1. The highest BCUT2D eigenvalue weighted by Crippen LogP contribution is 2.27. The fraction of sp³-hybridized carbons (Fsp3) is 0.231. The van der Waals surface area contributed by atoms with Crippen molar-refractivity contribution < 1.29 is 27.0 Å². The molecule has 0 spiro atoms. The topological polar surface area (TPSA) is 59.4 Å².